The number of rotatable bonds is 9. The zero-order chi connectivity index (χ0) is 28.3. The quantitative estimate of drug-likeness (QED) is 0.361. The summed E-state index contributed by atoms with van der Waals surface area (Å²) in [4.78, 5) is 32.4. The highest BCUT2D eigenvalue weighted by atomic mass is 35.5. The van der Waals surface area contributed by atoms with Crippen molar-refractivity contribution in [2.75, 3.05) is 24.9 Å². The molecule has 0 bridgehead atoms. The number of anilines is 3. The van der Waals surface area contributed by atoms with Crippen molar-refractivity contribution in [3.8, 4) is 5.75 Å². The minimum absolute atomic E-state index is 0.0619. The van der Waals surface area contributed by atoms with Crippen molar-refractivity contribution in [2.24, 2.45) is 0 Å². The molecule has 0 spiro atoms. The first-order valence-electron chi connectivity index (χ1n) is 11.6. The van der Waals surface area contributed by atoms with E-state index in [1.807, 2.05) is 0 Å². The second-order valence-corrected chi connectivity index (χ2v) is 9.97. The maximum atomic E-state index is 13.4. The van der Waals surface area contributed by atoms with Crippen LogP contribution in [0.4, 0.5) is 35.4 Å². The first-order valence-corrected chi connectivity index (χ1v) is 12.0. The average Bonchev–Trinajstić information content (AvgIpc) is 3.61. The molecule has 10 nitrogen and oxygen atoms in total. The Hall–Kier alpha value is -3.48. The van der Waals surface area contributed by atoms with E-state index in [9.17, 15) is 22.8 Å². The molecule has 1 aliphatic rings. The van der Waals surface area contributed by atoms with Gasteiger partial charge in [0.05, 0.1) is 19.9 Å². The van der Waals surface area contributed by atoms with Gasteiger partial charge >= 0.3 is 18.2 Å². The van der Waals surface area contributed by atoms with Crippen LogP contribution in [0.3, 0.4) is 0 Å². The Labute approximate surface area is 222 Å². The van der Waals surface area contributed by atoms with E-state index < -0.39 is 35.4 Å². The minimum atomic E-state index is -4.62. The van der Waals surface area contributed by atoms with E-state index in [4.69, 9.17) is 25.8 Å². The first-order chi connectivity index (χ1) is 17.7. The van der Waals surface area contributed by atoms with Crippen LogP contribution in [0, 0.1) is 0 Å². The van der Waals surface area contributed by atoms with Crippen LogP contribution in [0.5, 0.6) is 5.75 Å². The van der Waals surface area contributed by atoms with Crippen molar-refractivity contribution in [2.45, 2.75) is 63.9 Å². The lowest BCUT2D eigenvalue weighted by molar-refractivity contribution is -0.143. The molecule has 3 N–H and O–H groups in total. The Morgan fingerprint density at radius 1 is 1.18 bits per heavy atom. The predicted molar refractivity (Wildman–Crippen MR) is 134 cm³/mol. The highest BCUT2D eigenvalue weighted by Crippen LogP contribution is 2.38. The van der Waals surface area contributed by atoms with E-state index in [-0.39, 0.29) is 40.7 Å². The Morgan fingerprint density at radius 3 is 2.42 bits per heavy atom. The number of amides is 1. The third-order valence-electron chi connectivity index (χ3n) is 5.23. The second kappa shape index (κ2) is 11.5. The molecule has 1 aromatic carbocycles. The summed E-state index contributed by atoms with van der Waals surface area (Å²) < 4.78 is 55.6. The number of alkyl halides is 3. The molecule has 2 aromatic rings. The third-order valence-corrected chi connectivity index (χ3v) is 5.58. The van der Waals surface area contributed by atoms with Crippen LogP contribution in [0.1, 0.15) is 44.7 Å². The molecule has 1 amide bonds. The molecule has 14 heteroatoms. The van der Waals surface area contributed by atoms with Crippen molar-refractivity contribution < 1.29 is 37.0 Å². The van der Waals surface area contributed by atoms with E-state index >= 15 is 0 Å². The van der Waals surface area contributed by atoms with Crippen molar-refractivity contribution in [1.29, 1.82) is 0 Å². The van der Waals surface area contributed by atoms with Crippen molar-refractivity contribution >= 4 is 41.1 Å². The monoisotopic (exact) mass is 559 g/mol. The molecule has 1 heterocycles. The molecule has 1 saturated carbocycles. The van der Waals surface area contributed by atoms with Gasteiger partial charge in [-0.05, 0) is 51.3 Å². The van der Waals surface area contributed by atoms with Gasteiger partial charge in [-0.3, -0.25) is 0 Å². The number of halogens is 4. The molecule has 1 fully saturated rings. The standard InChI is InChI=1S/C24H29ClF3N5O5/c1-23(2,3)38-22(35)32-17(20(34)37-5)8-12-9-18(36-4)16(10-15(12)25)31-21-29-11-14(24(26,27)28)19(33-21)30-13-6-7-13/h9-11,13,17H,6-8H2,1-5H3,(H,32,35)(H2,29,30,31,33)/t17-/m0/s1. The fraction of sp³-hybridized carbons (Fsp3) is 0.500. The molecule has 38 heavy (non-hydrogen) atoms. The van der Waals surface area contributed by atoms with Gasteiger partial charge in [-0.1, -0.05) is 11.6 Å². The number of ether oxygens (including phenoxy) is 3. The molecule has 1 atom stereocenters. The summed E-state index contributed by atoms with van der Waals surface area (Å²) >= 11 is 6.46. The molecule has 3 rings (SSSR count). The number of hydrogen-bond donors (Lipinski definition) is 3. The van der Waals surface area contributed by atoms with E-state index in [0.29, 0.717) is 11.8 Å². The molecule has 0 saturated heterocycles. The fourth-order valence-corrected chi connectivity index (χ4v) is 3.57. The summed E-state index contributed by atoms with van der Waals surface area (Å²) in [6.45, 7) is 5.04. The highest BCUT2D eigenvalue weighted by molar-refractivity contribution is 6.31. The molecule has 0 aliphatic heterocycles. The average molecular weight is 560 g/mol. The predicted octanol–water partition coefficient (Wildman–Crippen LogP) is 5.08. The van der Waals surface area contributed by atoms with Crippen LogP contribution < -0.4 is 20.7 Å². The first kappa shape index (κ1) is 29.1. The number of esters is 1. The third kappa shape index (κ3) is 8.01. The summed E-state index contributed by atoms with van der Waals surface area (Å²) in [5, 5.41) is 8.25. The van der Waals surface area contributed by atoms with Crippen LogP contribution in [-0.2, 0) is 26.9 Å². The Kier molecular flexibility index (Phi) is 8.80. The van der Waals surface area contributed by atoms with Gasteiger partial charge in [0.1, 0.15) is 28.8 Å². The smallest absolute Gasteiger partial charge is 0.421 e. The van der Waals surface area contributed by atoms with E-state index in [1.54, 1.807) is 20.8 Å². The van der Waals surface area contributed by atoms with Gasteiger partial charge in [0.25, 0.3) is 0 Å². The zero-order valence-corrected chi connectivity index (χ0v) is 22.2. The van der Waals surface area contributed by atoms with Gasteiger partial charge < -0.3 is 30.2 Å². The van der Waals surface area contributed by atoms with Crippen LogP contribution in [0.15, 0.2) is 18.3 Å². The van der Waals surface area contributed by atoms with E-state index in [0.717, 1.165) is 12.8 Å². The fourth-order valence-electron chi connectivity index (χ4n) is 3.32. The minimum Gasteiger partial charge on any atom is -0.495 e. The van der Waals surface area contributed by atoms with Crippen LogP contribution in [-0.4, -0.2) is 53.9 Å². The van der Waals surface area contributed by atoms with Crippen LogP contribution >= 0.6 is 11.6 Å². The molecule has 208 valence electrons. The zero-order valence-electron chi connectivity index (χ0n) is 21.5. The Morgan fingerprint density at radius 2 is 1.87 bits per heavy atom. The van der Waals surface area contributed by atoms with Crippen LogP contribution in [0.25, 0.3) is 0 Å². The summed E-state index contributed by atoms with van der Waals surface area (Å²) in [7, 11) is 2.56. The molecule has 0 radical (unpaired) electrons. The molecule has 1 aliphatic carbocycles. The van der Waals surface area contributed by atoms with Crippen LogP contribution in [0.2, 0.25) is 5.02 Å². The van der Waals surface area contributed by atoms with Crippen molar-refractivity contribution in [3.05, 3.63) is 34.5 Å². The van der Waals surface area contributed by atoms with Gasteiger partial charge in [0.2, 0.25) is 5.95 Å². The number of benzene rings is 1. The summed E-state index contributed by atoms with van der Waals surface area (Å²) in [6, 6.07) is 1.78. The highest BCUT2D eigenvalue weighted by Gasteiger charge is 2.37. The molecular weight excluding hydrogens is 531 g/mol. The molecule has 0 unspecified atom stereocenters. The van der Waals surface area contributed by atoms with Gasteiger partial charge in [-0.15, -0.1) is 0 Å². The van der Waals surface area contributed by atoms with Gasteiger partial charge in [-0.25, -0.2) is 14.6 Å². The Balaban J connectivity index is 1.85. The summed E-state index contributed by atoms with van der Waals surface area (Å²) in [5.74, 6) is -0.914. The van der Waals surface area contributed by atoms with Gasteiger partial charge in [-0.2, -0.15) is 18.2 Å². The summed E-state index contributed by atoms with van der Waals surface area (Å²) in [6.07, 6.45) is -3.29. The van der Waals surface area contributed by atoms with E-state index in [2.05, 4.69) is 25.9 Å². The lowest BCUT2D eigenvalue weighted by atomic mass is 10.0. The SMILES string of the molecule is COC(=O)[C@H](Cc1cc(OC)c(Nc2ncc(C(F)(F)F)c(NC3CC3)n2)cc1Cl)NC(=O)OC(C)(C)C. The number of hydrogen-bond acceptors (Lipinski definition) is 9. The lowest BCUT2D eigenvalue weighted by Crippen LogP contribution is -2.45. The number of nitrogens with one attached hydrogen (secondary N) is 3. The molecular formula is C24H29ClF3N5O5. The molecule has 1 aromatic heterocycles. The summed E-state index contributed by atoms with van der Waals surface area (Å²) in [5.41, 5.74) is -1.06. The maximum absolute atomic E-state index is 13.4. The number of nitrogens with zero attached hydrogens (tertiary/aromatic N) is 2. The van der Waals surface area contributed by atoms with E-state index in [1.165, 1.54) is 26.4 Å². The number of aromatic nitrogens is 2. The number of alkyl carbamates (subject to hydrolysis) is 1. The normalized spacial score (nSPS) is 14.3. The maximum Gasteiger partial charge on any atom is 0.421 e. The van der Waals surface area contributed by atoms with Gasteiger partial charge in [0.15, 0.2) is 0 Å². The number of carbonyl (C=O) groups excluding carboxylic acids is 2. The Bertz CT molecular complexity index is 1190. The number of methoxy groups -OCH3 is 2. The number of carbonyl (C=O) groups is 2. The lowest BCUT2D eigenvalue weighted by Gasteiger charge is -2.23. The second-order valence-electron chi connectivity index (χ2n) is 9.57. The largest absolute Gasteiger partial charge is 0.495 e. The van der Waals surface area contributed by atoms with Crippen molar-refractivity contribution in [3.63, 3.8) is 0 Å². The topological polar surface area (TPSA) is 124 Å². The van der Waals surface area contributed by atoms with Crippen molar-refractivity contribution in [1.82, 2.24) is 15.3 Å². The van der Waals surface area contributed by atoms with Gasteiger partial charge in [0, 0.05) is 23.7 Å².